The smallest absolute Gasteiger partial charge is 0.332 e. The van der Waals surface area contributed by atoms with Gasteiger partial charge >= 0.3 is 6.18 Å². The van der Waals surface area contributed by atoms with Gasteiger partial charge in [0.2, 0.25) is 0 Å². The lowest BCUT2D eigenvalue weighted by Gasteiger charge is -2.12. The summed E-state index contributed by atoms with van der Waals surface area (Å²) in [4.78, 5) is 12.0. The van der Waals surface area contributed by atoms with E-state index < -0.39 is 17.6 Å². The number of carbonyl (C=O) groups excluding carboxylic acids is 1. The van der Waals surface area contributed by atoms with Gasteiger partial charge in [-0.2, -0.15) is 13.2 Å². The van der Waals surface area contributed by atoms with Crippen LogP contribution in [-0.4, -0.2) is 11.0 Å². The molecule has 0 fully saturated rings. The van der Waals surface area contributed by atoms with Crippen LogP contribution in [0.2, 0.25) is 10.0 Å². The maximum absolute atomic E-state index is 12.7. The molecule has 2 aromatic rings. The molecule has 0 aromatic heterocycles. The van der Waals surface area contributed by atoms with Crippen molar-refractivity contribution in [1.82, 2.24) is 5.32 Å². The van der Waals surface area contributed by atoms with Gasteiger partial charge in [0.25, 0.3) is 5.91 Å². The first kappa shape index (κ1) is 18.5. The number of halogens is 5. The molecule has 3 nitrogen and oxygen atoms in total. The van der Waals surface area contributed by atoms with E-state index in [1.807, 2.05) is 0 Å². The predicted molar refractivity (Wildman–Crippen MR) is 91.6 cm³/mol. The summed E-state index contributed by atoms with van der Waals surface area (Å²) in [6.07, 6.45) is -4.47. The molecule has 1 amide bonds. The van der Waals surface area contributed by atoms with Crippen LogP contribution in [0.4, 0.5) is 18.9 Å². The summed E-state index contributed by atoms with van der Waals surface area (Å²) in [6, 6.07) is 8.66. The molecule has 0 spiro atoms. The minimum absolute atomic E-state index is 0.0965. The minimum Gasteiger partial charge on any atom is -0.332 e. The highest BCUT2D eigenvalue weighted by Gasteiger charge is 2.30. The monoisotopic (exact) mass is 392 g/mol. The Kier molecular flexibility index (Phi) is 5.69. The maximum Gasteiger partial charge on any atom is 0.416 e. The highest BCUT2D eigenvalue weighted by Crippen LogP contribution is 2.30. The van der Waals surface area contributed by atoms with Crippen LogP contribution >= 0.6 is 35.4 Å². The third-order valence-electron chi connectivity index (χ3n) is 2.80. The molecule has 0 aliphatic heterocycles. The maximum atomic E-state index is 12.7. The van der Waals surface area contributed by atoms with Crippen molar-refractivity contribution < 1.29 is 18.0 Å². The van der Waals surface area contributed by atoms with Crippen LogP contribution in [0.15, 0.2) is 42.5 Å². The molecule has 2 N–H and O–H groups in total. The molecule has 0 saturated heterocycles. The number of nitrogens with one attached hydrogen (secondary N) is 2. The number of carbonyl (C=O) groups is 1. The molecule has 0 radical (unpaired) electrons. The van der Waals surface area contributed by atoms with Gasteiger partial charge in [0.15, 0.2) is 5.11 Å². The summed E-state index contributed by atoms with van der Waals surface area (Å²) >= 11 is 16.5. The topological polar surface area (TPSA) is 41.1 Å². The average molecular weight is 393 g/mol. The summed E-state index contributed by atoms with van der Waals surface area (Å²) in [5.41, 5.74) is -0.566. The summed E-state index contributed by atoms with van der Waals surface area (Å²) < 4.78 is 38.0. The standard InChI is InChI=1S/C15H9Cl2F3N2OS/c16-10-4-8(5-11(17)7-10)13(23)22-14(24)21-12-3-1-2-9(6-12)15(18,19)20/h1-7H,(H2,21,22,23,24). The number of rotatable bonds is 2. The Balaban J connectivity index is 2.07. The van der Waals surface area contributed by atoms with Gasteiger partial charge in [-0.1, -0.05) is 29.3 Å². The molecule has 9 heteroatoms. The van der Waals surface area contributed by atoms with E-state index in [-0.39, 0.29) is 26.4 Å². The Labute approximate surface area is 150 Å². The molecule has 2 rings (SSSR count). The molecule has 0 aliphatic carbocycles. The van der Waals surface area contributed by atoms with E-state index in [1.54, 1.807) is 0 Å². The van der Waals surface area contributed by atoms with E-state index in [9.17, 15) is 18.0 Å². The Hall–Kier alpha value is -1.83. The Morgan fingerprint density at radius 2 is 1.67 bits per heavy atom. The first-order valence-corrected chi connectivity index (χ1v) is 7.57. The molecule has 0 atom stereocenters. The van der Waals surface area contributed by atoms with Gasteiger partial charge in [0, 0.05) is 21.3 Å². The fourth-order valence-electron chi connectivity index (χ4n) is 1.80. The van der Waals surface area contributed by atoms with Gasteiger partial charge in [-0.05, 0) is 48.6 Å². The van der Waals surface area contributed by atoms with Crippen molar-refractivity contribution in [2.75, 3.05) is 5.32 Å². The van der Waals surface area contributed by atoms with E-state index in [1.165, 1.54) is 30.3 Å². The Morgan fingerprint density at radius 3 is 2.25 bits per heavy atom. The molecule has 0 aliphatic rings. The number of amides is 1. The van der Waals surface area contributed by atoms with Crippen LogP contribution in [0.3, 0.4) is 0 Å². The molecule has 0 unspecified atom stereocenters. The molecule has 0 saturated carbocycles. The van der Waals surface area contributed by atoms with Crippen molar-refractivity contribution in [3.63, 3.8) is 0 Å². The van der Waals surface area contributed by atoms with Gasteiger partial charge < -0.3 is 5.32 Å². The van der Waals surface area contributed by atoms with Crippen molar-refractivity contribution >= 4 is 52.1 Å². The fraction of sp³-hybridized carbons (Fsp3) is 0.0667. The molecule has 2 aromatic carbocycles. The van der Waals surface area contributed by atoms with E-state index in [2.05, 4.69) is 10.6 Å². The molecular weight excluding hydrogens is 384 g/mol. The van der Waals surface area contributed by atoms with E-state index >= 15 is 0 Å². The summed E-state index contributed by atoms with van der Waals surface area (Å²) in [7, 11) is 0. The zero-order chi connectivity index (χ0) is 17.9. The predicted octanol–water partition coefficient (Wildman–Crippen LogP) is 5.14. The second kappa shape index (κ2) is 7.38. The second-order valence-electron chi connectivity index (χ2n) is 4.64. The number of alkyl halides is 3. The first-order chi connectivity index (χ1) is 11.1. The quantitative estimate of drug-likeness (QED) is 0.695. The molecule has 0 bridgehead atoms. The van der Waals surface area contributed by atoms with Gasteiger partial charge in [-0.3, -0.25) is 10.1 Å². The summed E-state index contributed by atoms with van der Waals surface area (Å²) in [5.74, 6) is -0.594. The van der Waals surface area contributed by atoms with Crippen LogP contribution in [0, 0.1) is 0 Å². The van der Waals surface area contributed by atoms with Gasteiger partial charge in [0.1, 0.15) is 0 Å². The van der Waals surface area contributed by atoms with Crippen LogP contribution in [0.1, 0.15) is 15.9 Å². The third-order valence-corrected chi connectivity index (χ3v) is 3.44. The number of hydrogen-bond acceptors (Lipinski definition) is 2. The van der Waals surface area contributed by atoms with Crippen LogP contribution in [-0.2, 0) is 6.18 Å². The van der Waals surface area contributed by atoms with Crippen molar-refractivity contribution in [3.8, 4) is 0 Å². The van der Waals surface area contributed by atoms with Gasteiger partial charge in [-0.25, -0.2) is 0 Å². The molecule has 24 heavy (non-hydrogen) atoms. The molecule has 0 heterocycles. The normalized spacial score (nSPS) is 11.0. The Bertz CT molecular complexity index is 776. The lowest BCUT2D eigenvalue weighted by atomic mass is 10.2. The number of thiocarbonyl (C=S) groups is 1. The zero-order valence-electron chi connectivity index (χ0n) is 11.7. The highest BCUT2D eigenvalue weighted by molar-refractivity contribution is 7.80. The number of benzene rings is 2. The van der Waals surface area contributed by atoms with Crippen LogP contribution in [0.5, 0.6) is 0 Å². The van der Waals surface area contributed by atoms with Crippen molar-refractivity contribution in [3.05, 3.63) is 63.6 Å². The van der Waals surface area contributed by atoms with E-state index in [0.717, 1.165) is 12.1 Å². The van der Waals surface area contributed by atoms with Gasteiger partial charge in [-0.15, -0.1) is 0 Å². The second-order valence-corrected chi connectivity index (χ2v) is 5.93. The minimum atomic E-state index is -4.47. The van der Waals surface area contributed by atoms with E-state index in [0.29, 0.717) is 0 Å². The lowest BCUT2D eigenvalue weighted by molar-refractivity contribution is -0.137. The Morgan fingerprint density at radius 1 is 1.04 bits per heavy atom. The lowest BCUT2D eigenvalue weighted by Crippen LogP contribution is -2.34. The molecule has 126 valence electrons. The average Bonchev–Trinajstić information content (AvgIpc) is 2.45. The highest BCUT2D eigenvalue weighted by atomic mass is 35.5. The zero-order valence-corrected chi connectivity index (χ0v) is 14.1. The number of hydrogen-bond donors (Lipinski definition) is 2. The largest absolute Gasteiger partial charge is 0.416 e. The summed E-state index contributed by atoms with van der Waals surface area (Å²) in [5, 5.41) is 5.24. The third kappa shape index (κ3) is 5.09. The van der Waals surface area contributed by atoms with Crippen LogP contribution in [0.25, 0.3) is 0 Å². The fourth-order valence-corrected chi connectivity index (χ4v) is 2.53. The number of anilines is 1. The van der Waals surface area contributed by atoms with Crippen molar-refractivity contribution in [2.45, 2.75) is 6.18 Å². The first-order valence-electron chi connectivity index (χ1n) is 6.41. The van der Waals surface area contributed by atoms with Gasteiger partial charge in [0.05, 0.1) is 5.56 Å². The van der Waals surface area contributed by atoms with Crippen molar-refractivity contribution in [1.29, 1.82) is 0 Å². The van der Waals surface area contributed by atoms with Crippen LogP contribution < -0.4 is 10.6 Å². The molecular formula is C15H9Cl2F3N2OS. The SMILES string of the molecule is O=C(NC(=S)Nc1cccc(C(F)(F)F)c1)c1cc(Cl)cc(Cl)c1. The summed E-state index contributed by atoms with van der Waals surface area (Å²) in [6.45, 7) is 0. The van der Waals surface area contributed by atoms with E-state index in [4.69, 9.17) is 35.4 Å². The van der Waals surface area contributed by atoms with Crippen molar-refractivity contribution in [2.24, 2.45) is 0 Å².